The number of hydrogen-bond donors (Lipinski definition) is 2. The minimum absolute atomic E-state index is 0.158. The van der Waals surface area contributed by atoms with Gasteiger partial charge in [-0.25, -0.2) is 4.98 Å². The minimum atomic E-state index is -0.415. The van der Waals surface area contributed by atoms with Crippen molar-refractivity contribution in [3.63, 3.8) is 0 Å². The van der Waals surface area contributed by atoms with Crippen LogP contribution in [0.5, 0.6) is 0 Å². The molecule has 6 heteroatoms. The van der Waals surface area contributed by atoms with Crippen LogP contribution in [0.4, 0.5) is 5.82 Å². The highest BCUT2D eigenvalue weighted by Crippen LogP contribution is 2.11. The number of primary amides is 1. The molecule has 1 aromatic heterocycles. The maximum absolute atomic E-state index is 12.2. The molecule has 1 unspecified atom stereocenters. The van der Waals surface area contributed by atoms with Crippen molar-refractivity contribution in [2.24, 2.45) is 5.73 Å². The van der Waals surface area contributed by atoms with Gasteiger partial charge in [0.25, 0.3) is 5.56 Å². The molecule has 3 N–H and O–H groups in total. The molecule has 0 aromatic carbocycles. The quantitative estimate of drug-likeness (QED) is 0.824. The van der Waals surface area contributed by atoms with Crippen LogP contribution in [0.15, 0.2) is 17.2 Å². The van der Waals surface area contributed by atoms with Gasteiger partial charge in [0.05, 0.1) is 0 Å². The molecule has 1 atom stereocenters. The molecule has 1 heterocycles. The average molecular weight is 252 g/mol. The predicted octanol–water partition coefficient (Wildman–Crippen LogP) is 0.674. The first-order valence-corrected chi connectivity index (χ1v) is 5.85. The highest BCUT2D eigenvalue weighted by Gasteiger charge is 2.17. The summed E-state index contributed by atoms with van der Waals surface area (Å²) in [6, 6.07) is -0.224. The van der Waals surface area contributed by atoms with Crippen LogP contribution >= 0.6 is 0 Å². The van der Waals surface area contributed by atoms with Crippen LogP contribution in [0, 0.1) is 0 Å². The van der Waals surface area contributed by atoms with E-state index in [2.05, 4.69) is 10.3 Å². The fourth-order valence-electron chi connectivity index (χ4n) is 1.62. The summed E-state index contributed by atoms with van der Waals surface area (Å²) in [5.41, 5.74) is 4.58. The Balaban J connectivity index is 2.98. The Labute approximate surface area is 106 Å². The summed E-state index contributed by atoms with van der Waals surface area (Å²) < 4.78 is 1.60. The molecule has 1 aromatic rings. The van der Waals surface area contributed by atoms with E-state index >= 15 is 0 Å². The first-order chi connectivity index (χ1) is 8.21. The number of nitrogens with two attached hydrogens (primary N) is 1. The number of carbonyl (C=O) groups excluding carboxylic acids is 1. The standard InChI is InChI=1S/C12H20N4O2/c1-8(7-9(13)17)15-10-11(18)16(6-5-14-10)12(2,3)4/h5-6,8H,7H2,1-4H3,(H2,13,17)(H,14,15). The number of anilines is 1. The van der Waals surface area contributed by atoms with E-state index in [1.165, 1.54) is 0 Å². The van der Waals surface area contributed by atoms with E-state index in [0.717, 1.165) is 0 Å². The lowest BCUT2D eigenvalue weighted by Gasteiger charge is -2.23. The Morgan fingerprint density at radius 2 is 2.17 bits per heavy atom. The molecular formula is C12H20N4O2. The highest BCUT2D eigenvalue weighted by atomic mass is 16.1. The van der Waals surface area contributed by atoms with Gasteiger partial charge in [-0.2, -0.15) is 0 Å². The predicted molar refractivity (Wildman–Crippen MR) is 70.4 cm³/mol. The van der Waals surface area contributed by atoms with Crippen molar-refractivity contribution in [1.82, 2.24) is 9.55 Å². The van der Waals surface area contributed by atoms with Gasteiger partial charge in [-0.3, -0.25) is 9.59 Å². The van der Waals surface area contributed by atoms with E-state index in [0.29, 0.717) is 0 Å². The van der Waals surface area contributed by atoms with Crippen LogP contribution in [0.1, 0.15) is 34.1 Å². The Kier molecular flexibility index (Phi) is 4.11. The molecule has 0 bridgehead atoms. The van der Waals surface area contributed by atoms with Crippen LogP contribution in [0.2, 0.25) is 0 Å². The summed E-state index contributed by atoms with van der Waals surface area (Å²) in [5, 5.41) is 2.91. The van der Waals surface area contributed by atoms with Crippen LogP contribution in [0.25, 0.3) is 0 Å². The summed E-state index contributed by atoms with van der Waals surface area (Å²) in [5.74, 6) is -0.178. The lowest BCUT2D eigenvalue weighted by atomic mass is 10.1. The third-order valence-corrected chi connectivity index (χ3v) is 2.45. The second kappa shape index (κ2) is 5.20. The fourth-order valence-corrected chi connectivity index (χ4v) is 1.62. The minimum Gasteiger partial charge on any atom is -0.370 e. The van der Waals surface area contributed by atoms with E-state index in [1.807, 2.05) is 20.8 Å². The molecule has 18 heavy (non-hydrogen) atoms. The zero-order valence-corrected chi connectivity index (χ0v) is 11.2. The summed E-state index contributed by atoms with van der Waals surface area (Å²) in [7, 11) is 0. The molecule has 0 spiro atoms. The van der Waals surface area contributed by atoms with E-state index in [1.54, 1.807) is 23.9 Å². The van der Waals surface area contributed by atoms with Crippen molar-refractivity contribution in [3.05, 3.63) is 22.7 Å². The van der Waals surface area contributed by atoms with Crippen molar-refractivity contribution in [3.8, 4) is 0 Å². The largest absolute Gasteiger partial charge is 0.370 e. The smallest absolute Gasteiger partial charge is 0.293 e. The highest BCUT2D eigenvalue weighted by molar-refractivity contribution is 5.74. The van der Waals surface area contributed by atoms with E-state index < -0.39 is 5.91 Å². The van der Waals surface area contributed by atoms with Gasteiger partial charge in [0.1, 0.15) is 0 Å². The molecule has 0 aliphatic heterocycles. The number of aromatic nitrogens is 2. The Morgan fingerprint density at radius 3 is 2.67 bits per heavy atom. The number of hydrogen-bond acceptors (Lipinski definition) is 4. The van der Waals surface area contributed by atoms with Gasteiger partial charge in [0.15, 0.2) is 5.82 Å². The molecular weight excluding hydrogens is 232 g/mol. The van der Waals surface area contributed by atoms with Crippen molar-refractivity contribution in [2.75, 3.05) is 5.32 Å². The molecule has 0 radical (unpaired) electrons. The van der Waals surface area contributed by atoms with E-state index in [4.69, 9.17) is 5.73 Å². The maximum Gasteiger partial charge on any atom is 0.293 e. The first-order valence-electron chi connectivity index (χ1n) is 5.85. The normalized spacial score (nSPS) is 13.1. The molecule has 0 fully saturated rings. The molecule has 0 aliphatic carbocycles. The van der Waals surface area contributed by atoms with E-state index in [9.17, 15) is 9.59 Å². The number of nitrogens with zero attached hydrogens (tertiary/aromatic N) is 2. The van der Waals surface area contributed by atoms with Crippen LogP contribution < -0.4 is 16.6 Å². The third kappa shape index (κ3) is 3.58. The van der Waals surface area contributed by atoms with Crippen molar-refractivity contribution < 1.29 is 4.79 Å². The van der Waals surface area contributed by atoms with Crippen LogP contribution in [-0.4, -0.2) is 21.5 Å². The van der Waals surface area contributed by atoms with Crippen LogP contribution in [-0.2, 0) is 10.3 Å². The second-order valence-electron chi connectivity index (χ2n) is 5.34. The molecule has 1 amide bonds. The third-order valence-electron chi connectivity index (χ3n) is 2.45. The SMILES string of the molecule is CC(CC(N)=O)Nc1nccn(C(C)(C)C)c1=O. The molecule has 0 saturated carbocycles. The van der Waals surface area contributed by atoms with Crippen molar-refractivity contribution in [2.45, 2.75) is 45.7 Å². The Hall–Kier alpha value is -1.85. The fraction of sp³-hybridized carbons (Fsp3) is 0.583. The number of carbonyl (C=O) groups is 1. The van der Waals surface area contributed by atoms with Gasteiger partial charge < -0.3 is 15.6 Å². The summed E-state index contributed by atoms with van der Waals surface area (Å²) >= 11 is 0. The average Bonchev–Trinajstić information content (AvgIpc) is 2.18. The molecule has 0 aliphatic rings. The molecule has 1 rings (SSSR count). The number of nitrogens with one attached hydrogen (secondary N) is 1. The van der Waals surface area contributed by atoms with Crippen molar-refractivity contribution in [1.29, 1.82) is 0 Å². The van der Waals surface area contributed by atoms with Gasteiger partial charge >= 0.3 is 0 Å². The topological polar surface area (TPSA) is 90.0 Å². The molecule has 0 saturated heterocycles. The van der Waals surface area contributed by atoms with Gasteiger partial charge in [0, 0.05) is 30.4 Å². The summed E-state index contributed by atoms with van der Waals surface area (Å²) in [4.78, 5) is 27.0. The van der Waals surface area contributed by atoms with Gasteiger partial charge in [-0.05, 0) is 27.7 Å². The van der Waals surface area contributed by atoms with Crippen LogP contribution in [0.3, 0.4) is 0 Å². The summed E-state index contributed by atoms with van der Waals surface area (Å²) in [6.07, 6.45) is 3.36. The number of rotatable bonds is 4. The molecule has 6 nitrogen and oxygen atoms in total. The zero-order chi connectivity index (χ0) is 13.9. The van der Waals surface area contributed by atoms with E-state index in [-0.39, 0.29) is 29.4 Å². The second-order valence-corrected chi connectivity index (χ2v) is 5.34. The summed E-state index contributed by atoms with van der Waals surface area (Å²) in [6.45, 7) is 7.58. The lowest BCUT2D eigenvalue weighted by Crippen LogP contribution is -2.36. The van der Waals surface area contributed by atoms with Gasteiger partial charge in [-0.1, -0.05) is 0 Å². The maximum atomic E-state index is 12.2. The first kappa shape index (κ1) is 14.2. The Bertz CT molecular complexity index is 488. The van der Waals surface area contributed by atoms with Gasteiger partial charge in [0.2, 0.25) is 5.91 Å². The lowest BCUT2D eigenvalue weighted by molar-refractivity contribution is -0.118. The number of amides is 1. The molecule has 100 valence electrons. The zero-order valence-electron chi connectivity index (χ0n) is 11.2. The Morgan fingerprint density at radius 1 is 1.56 bits per heavy atom. The van der Waals surface area contributed by atoms with Crippen molar-refractivity contribution >= 4 is 11.7 Å². The van der Waals surface area contributed by atoms with Gasteiger partial charge in [-0.15, -0.1) is 0 Å². The monoisotopic (exact) mass is 252 g/mol.